The van der Waals surface area contributed by atoms with E-state index in [2.05, 4.69) is 34.3 Å². The van der Waals surface area contributed by atoms with Crippen LogP contribution < -0.4 is 10.6 Å². The maximum atomic E-state index is 12.8. The molecule has 2 heterocycles. The molecule has 34 heavy (non-hydrogen) atoms. The van der Waals surface area contributed by atoms with Crippen molar-refractivity contribution in [2.45, 2.75) is 76.7 Å². The number of hydrogen-bond acceptors (Lipinski definition) is 6. The summed E-state index contributed by atoms with van der Waals surface area (Å²) in [6.45, 7) is 6.44. The van der Waals surface area contributed by atoms with E-state index in [-0.39, 0.29) is 23.9 Å². The van der Waals surface area contributed by atoms with Crippen LogP contribution in [0.2, 0.25) is 0 Å². The zero-order chi connectivity index (χ0) is 24.9. The highest BCUT2D eigenvalue weighted by Crippen LogP contribution is 2.23. The third-order valence-corrected chi connectivity index (χ3v) is 7.04. The van der Waals surface area contributed by atoms with Crippen LogP contribution in [0.5, 0.6) is 0 Å². The van der Waals surface area contributed by atoms with E-state index in [0.717, 1.165) is 25.7 Å². The van der Waals surface area contributed by atoms with E-state index in [9.17, 15) is 19.8 Å². The lowest BCUT2D eigenvalue weighted by Crippen LogP contribution is -2.53. The first-order valence-corrected chi connectivity index (χ1v) is 12.9. The van der Waals surface area contributed by atoms with Crippen LogP contribution in [0.1, 0.15) is 82.5 Å². The first-order chi connectivity index (χ1) is 15.9. The maximum absolute atomic E-state index is 12.8. The van der Waals surface area contributed by atoms with E-state index in [1.165, 1.54) is 22.7 Å². The Bertz CT molecular complexity index is 1070. The van der Waals surface area contributed by atoms with E-state index in [0.29, 0.717) is 19.5 Å². The molecule has 0 aliphatic heterocycles. The minimum absolute atomic E-state index is 0.160. The van der Waals surface area contributed by atoms with Gasteiger partial charge in [-0.1, -0.05) is 36.5 Å². The topological polar surface area (TPSA) is 98.7 Å². The van der Waals surface area contributed by atoms with Crippen LogP contribution in [-0.4, -0.2) is 45.3 Å². The normalized spacial score (nSPS) is 18.2. The van der Waals surface area contributed by atoms with Gasteiger partial charge in [-0.2, -0.15) is 0 Å². The van der Waals surface area contributed by atoms with Gasteiger partial charge in [-0.3, -0.25) is 9.59 Å². The van der Waals surface area contributed by atoms with Crippen molar-refractivity contribution in [3.8, 4) is 23.7 Å². The molecule has 4 N–H and O–H groups in total. The molecular formula is C26H30N2O4S2. The molecule has 2 unspecified atom stereocenters. The molecule has 6 nitrogen and oxygen atoms in total. The number of carbonyl (C=O) groups excluding carboxylic acids is 2. The number of hydrogen-bond donors (Lipinski definition) is 4. The number of nitrogens with one attached hydrogen (secondary N) is 2. The van der Waals surface area contributed by atoms with Gasteiger partial charge in [-0.05, 0) is 64.8 Å². The van der Waals surface area contributed by atoms with E-state index >= 15 is 0 Å². The van der Waals surface area contributed by atoms with Gasteiger partial charge < -0.3 is 20.8 Å². The fraction of sp³-hybridized carbons (Fsp3) is 0.462. The van der Waals surface area contributed by atoms with Gasteiger partial charge in [0.2, 0.25) is 0 Å². The van der Waals surface area contributed by atoms with Gasteiger partial charge in [0, 0.05) is 12.1 Å². The van der Waals surface area contributed by atoms with Crippen LogP contribution in [0.4, 0.5) is 0 Å². The second kappa shape index (κ2) is 10.8. The summed E-state index contributed by atoms with van der Waals surface area (Å²) in [6, 6.07) is 6.68. The van der Waals surface area contributed by atoms with Crippen molar-refractivity contribution in [3.05, 3.63) is 43.8 Å². The third kappa shape index (κ3) is 8.00. The predicted molar refractivity (Wildman–Crippen MR) is 136 cm³/mol. The second-order valence-electron chi connectivity index (χ2n) is 9.39. The molecule has 180 valence electrons. The molecular weight excluding hydrogens is 468 g/mol. The van der Waals surface area contributed by atoms with Gasteiger partial charge in [0.1, 0.15) is 11.2 Å². The number of amides is 2. The van der Waals surface area contributed by atoms with Crippen molar-refractivity contribution >= 4 is 34.5 Å². The molecule has 2 atom stereocenters. The molecule has 2 aromatic heterocycles. The number of aliphatic hydroxyl groups is 2. The van der Waals surface area contributed by atoms with Crippen molar-refractivity contribution < 1.29 is 19.8 Å². The first kappa shape index (κ1) is 26.0. The quantitative estimate of drug-likeness (QED) is 0.485. The van der Waals surface area contributed by atoms with E-state index in [4.69, 9.17) is 0 Å². The first-order valence-electron chi connectivity index (χ1n) is 11.2. The summed E-state index contributed by atoms with van der Waals surface area (Å²) in [7, 11) is 0. The molecule has 0 radical (unpaired) electrons. The summed E-state index contributed by atoms with van der Waals surface area (Å²) < 4.78 is 0. The minimum atomic E-state index is -1.09. The molecule has 8 heteroatoms. The molecule has 1 aliphatic rings. The lowest BCUT2D eigenvalue weighted by Gasteiger charge is -2.32. The Morgan fingerprint density at radius 1 is 0.794 bits per heavy atom. The number of carbonyl (C=O) groups is 2. The van der Waals surface area contributed by atoms with E-state index < -0.39 is 11.2 Å². The monoisotopic (exact) mass is 498 g/mol. The Morgan fingerprint density at radius 3 is 1.53 bits per heavy atom. The lowest BCUT2D eigenvalue weighted by atomic mass is 9.90. The van der Waals surface area contributed by atoms with E-state index in [1.807, 2.05) is 0 Å². The fourth-order valence-corrected chi connectivity index (χ4v) is 4.96. The van der Waals surface area contributed by atoms with Gasteiger partial charge in [0.15, 0.2) is 0 Å². The molecule has 0 spiro atoms. The van der Waals surface area contributed by atoms with Crippen molar-refractivity contribution in [1.29, 1.82) is 0 Å². The van der Waals surface area contributed by atoms with Crippen molar-refractivity contribution in [3.63, 3.8) is 0 Å². The van der Waals surface area contributed by atoms with Crippen LogP contribution in [0, 0.1) is 23.7 Å². The molecule has 0 bridgehead atoms. The van der Waals surface area contributed by atoms with Crippen LogP contribution in [0.25, 0.3) is 0 Å². The molecule has 2 aromatic rings. The average Bonchev–Trinajstić information content (AvgIpc) is 3.41. The molecule has 2 amide bonds. The molecule has 0 saturated heterocycles. The third-order valence-electron chi connectivity index (χ3n) is 5.04. The summed E-state index contributed by atoms with van der Waals surface area (Å²) in [5.41, 5.74) is -2.18. The summed E-state index contributed by atoms with van der Waals surface area (Å²) in [5, 5.41) is 25.7. The summed E-state index contributed by atoms with van der Waals surface area (Å²) in [4.78, 5) is 28.2. The lowest BCUT2D eigenvalue weighted by molar-refractivity contribution is 0.0867. The van der Waals surface area contributed by atoms with Crippen LogP contribution in [0.15, 0.2) is 24.3 Å². The summed E-state index contributed by atoms with van der Waals surface area (Å²) in [5.74, 6) is 10.9. The van der Waals surface area contributed by atoms with Crippen LogP contribution in [0.3, 0.4) is 0 Å². The van der Waals surface area contributed by atoms with E-state index in [1.54, 1.807) is 52.0 Å². The van der Waals surface area contributed by atoms with Crippen molar-refractivity contribution in [2.24, 2.45) is 0 Å². The van der Waals surface area contributed by atoms with Gasteiger partial charge >= 0.3 is 0 Å². The van der Waals surface area contributed by atoms with Crippen LogP contribution in [-0.2, 0) is 0 Å². The van der Waals surface area contributed by atoms with Gasteiger partial charge in [0.25, 0.3) is 11.8 Å². The van der Waals surface area contributed by atoms with Crippen molar-refractivity contribution in [2.75, 3.05) is 0 Å². The largest absolute Gasteiger partial charge is 0.378 e. The fourth-order valence-electron chi connectivity index (χ4n) is 3.44. The maximum Gasteiger partial charge on any atom is 0.261 e. The summed E-state index contributed by atoms with van der Waals surface area (Å²) in [6.07, 6.45) is 3.56. The molecule has 1 aliphatic carbocycles. The highest BCUT2D eigenvalue weighted by Gasteiger charge is 2.29. The Kier molecular flexibility index (Phi) is 8.22. The highest BCUT2D eigenvalue weighted by molar-refractivity contribution is 7.14. The number of thiophene rings is 2. The smallest absolute Gasteiger partial charge is 0.261 e. The number of rotatable bonds is 4. The highest BCUT2D eigenvalue weighted by atomic mass is 32.1. The SMILES string of the molecule is CC(C)(O)C#Cc1ccc(C(=O)NC2CCCCC2NC(=O)c2ccc(C#CC(C)(C)O)s2)s1. The zero-order valence-electron chi connectivity index (χ0n) is 19.8. The van der Waals surface area contributed by atoms with Gasteiger partial charge in [0.05, 0.1) is 19.5 Å². The average molecular weight is 499 g/mol. The van der Waals surface area contributed by atoms with Crippen LogP contribution >= 0.6 is 22.7 Å². The second-order valence-corrected chi connectivity index (χ2v) is 11.6. The predicted octanol–water partition coefficient (Wildman–Crippen LogP) is 3.53. The molecule has 1 saturated carbocycles. The molecule has 1 fully saturated rings. The Labute approximate surface area is 208 Å². The van der Waals surface area contributed by atoms with Crippen molar-refractivity contribution in [1.82, 2.24) is 10.6 Å². The summed E-state index contributed by atoms with van der Waals surface area (Å²) >= 11 is 2.56. The zero-order valence-corrected chi connectivity index (χ0v) is 21.5. The Hall–Kier alpha value is -2.62. The minimum Gasteiger partial charge on any atom is -0.378 e. The molecule has 3 rings (SSSR count). The Morgan fingerprint density at radius 2 is 1.18 bits per heavy atom. The van der Waals surface area contributed by atoms with Gasteiger partial charge in [-0.25, -0.2) is 0 Å². The Balaban J connectivity index is 1.63. The standard InChI is InChI=1S/C26H30N2O4S2/c1-25(2,31)15-13-17-9-11-21(33-17)23(29)27-19-7-5-6-8-20(19)28-24(30)22-12-10-18(34-22)14-16-26(3,4)32/h9-12,19-20,31-32H,5-8H2,1-4H3,(H,27,29)(H,28,30). The molecule has 0 aromatic carbocycles. The van der Waals surface area contributed by atoms with Gasteiger partial charge in [-0.15, -0.1) is 22.7 Å².